The highest BCUT2D eigenvalue weighted by Crippen LogP contribution is 2.36. The number of rotatable bonds is 2. The molecular weight excluding hydrogens is 307 g/mol. The van der Waals surface area contributed by atoms with E-state index in [0.29, 0.717) is 18.7 Å². The summed E-state index contributed by atoms with van der Waals surface area (Å²) in [5, 5.41) is 2.86. The molecule has 1 aromatic carbocycles. The predicted molar refractivity (Wildman–Crippen MR) is 82.5 cm³/mol. The Kier molecular flexibility index (Phi) is 4.34. The number of carbonyl (C=O) groups excluding carboxylic acids is 2. The van der Waals surface area contributed by atoms with Crippen LogP contribution in [0.4, 0.5) is 10.1 Å². The van der Waals surface area contributed by atoms with Crippen LogP contribution in [0.1, 0.15) is 37.7 Å². The van der Waals surface area contributed by atoms with Crippen LogP contribution in [0, 0.1) is 5.82 Å². The first-order chi connectivity index (χ1) is 10.6. The molecule has 1 saturated heterocycles. The van der Waals surface area contributed by atoms with Crippen LogP contribution in [0.15, 0.2) is 12.1 Å². The second kappa shape index (κ2) is 6.24. The van der Waals surface area contributed by atoms with Crippen molar-refractivity contribution >= 4 is 29.1 Å². The number of piperidine rings is 1. The molecule has 0 aliphatic carbocycles. The number of amides is 2. The molecule has 1 aromatic rings. The van der Waals surface area contributed by atoms with Gasteiger partial charge in [-0.15, -0.1) is 0 Å². The fraction of sp³-hybridized carbons (Fsp3) is 0.500. The van der Waals surface area contributed by atoms with Crippen molar-refractivity contribution in [2.75, 3.05) is 11.4 Å². The summed E-state index contributed by atoms with van der Waals surface area (Å²) in [6, 6.07) is 2.90. The monoisotopic (exact) mass is 324 g/mol. The number of nitrogens with zero attached hydrogens (tertiary/aromatic N) is 1. The normalized spacial score (nSPS) is 21.3. The molecule has 1 atom stereocenters. The number of anilines is 1. The van der Waals surface area contributed by atoms with E-state index >= 15 is 0 Å². The summed E-state index contributed by atoms with van der Waals surface area (Å²) in [5.74, 6) is -0.626. The highest BCUT2D eigenvalue weighted by molar-refractivity contribution is 6.34. The maximum Gasteiger partial charge on any atom is 0.229 e. The highest BCUT2D eigenvalue weighted by atomic mass is 35.5. The molecule has 6 heteroatoms. The van der Waals surface area contributed by atoms with E-state index in [2.05, 4.69) is 5.32 Å². The van der Waals surface area contributed by atoms with Crippen molar-refractivity contribution in [3.8, 4) is 0 Å². The Morgan fingerprint density at radius 3 is 2.95 bits per heavy atom. The molecule has 0 radical (unpaired) electrons. The molecule has 1 fully saturated rings. The summed E-state index contributed by atoms with van der Waals surface area (Å²) < 4.78 is 13.7. The van der Waals surface area contributed by atoms with Gasteiger partial charge < -0.3 is 10.2 Å². The topological polar surface area (TPSA) is 49.4 Å². The van der Waals surface area contributed by atoms with Gasteiger partial charge in [0.25, 0.3) is 0 Å². The van der Waals surface area contributed by atoms with Gasteiger partial charge in [-0.2, -0.15) is 0 Å². The fourth-order valence-electron chi connectivity index (χ4n) is 3.22. The van der Waals surface area contributed by atoms with E-state index in [9.17, 15) is 14.0 Å². The number of hydrogen-bond donors (Lipinski definition) is 1. The molecule has 0 saturated carbocycles. The molecule has 2 heterocycles. The Bertz CT molecular complexity index is 620. The first-order valence-electron chi connectivity index (χ1n) is 7.63. The Balaban J connectivity index is 1.80. The zero-order valence-electron chi connectivity index (χ0n) is 12.2. The third-order valence-electron chi connectivity index (χ3n) is 4.29. The molecule has 0 aromatic heterocycles. The van der Waals surface area contributed by atoms with Gasteiger partial charge in [0.15, 0.2) is 0 Å². The van der Waals surface area contributed by atoms with Crippen LogP contribution in [0.25, 0.3) is 0 Å². The molecule has 1 N–H and O–H groups in total. The number of carbonyl (C=O) groups is 2. The van der Waals surface area contributed by atoms with Gasteiger partial charge in [0.2, 0.25) is 11.8 Å². The van der Waals surface area contributed by atoms with Crippen LogP contribution >= 0.6 is 11.6 Å². The Hall–Kier alpha value is -1.62. The number of aryl methyl sites for hydroxylation is 1. The van der Waals surface area contributed by atoms with Crippen molar-refractivity contribution in [1.29, 1.82) is 0 Å². The summed E-state index contributed by atoms with van der Waals surface area (Å²) in [4.78, 5) is 25.6. The van der Waals surface area contributed by atoms with Crippen molar-refractivity contribution in [2.45, 2.75) is 44.6 Å². The quantitative estimate of drug-likeness (QED) is 0.909. The minimum absolute atomic E-state index is 0.00725. The Morgan fingerprint density at radius 2 is 2.18 bits per heavy atom. The van der Waals surface area contributed by atoms with Gasteiger partial charge in [0, 0.05) is 25.4 Å². The van der Waals surface area contributed by atoms with Crippen LogP contribution < -0.4 is 10.2 Å². The van der Waals surface area contributed by atoms with Crippen LogP contribution in [-0.4, -0.2) is 24.4 Å². The SMILES string of the molecule is O=C1CCCC(CC(=O)N2CCCc3ccc(F)c(Cl)c32)N1. The van der Waals surface area contributed by atoms with Crippen LogP contribution in [-0.2, 0) is 16.0 Å². The summed E-state index contributed by atoms with van der Waals surface area (Å²) in [6.45, 7) is 0.537. The number of fused-ring (bicyclic) bond motifs is 1. The number of hydrogen-bond acceptors (Lipinski definition) is 2. The molecule has 1 unspecified atom stereocenters. The van der Waals surface area contributed by atoms with Gasteiger partial charge in [-0.25, -0.2) is 4.39 Å². The maximum absolute atomic E-state index is 13.7. The second-order valence-electron chi connectivity index (χ2n) is 5.88. The van der Waals surface area contributed by atoms with Gasteiger partial charge in [-0.1, -0.05) is 17.7 Å². The van der Waals surface area contributed by atoms with E-state index in [1.807, 2.05) is 0 Å². The molecule has 2 amide bonds. The average Bonchev–Trinajstić information content (AvgIpc) is 2.50. The number of halogens is 2. The standard InChI is InChI=1S/C16H18ClFN2O2/c17-15-12(18)7-6-10-3-2-8-20(16(10)15)14(22)9-11-4-1-5-13(21)19-11/h6-7,11H,1-5,8-9H2,(H,19,21). The predicted octanol–water partition coefficient (Wildman–Crippen LogP) is 2.82. The van der Waals surface area contributed by atoms with Gasteiger partial charge in [-0.3, -0.25) is 9.59 Å². The second-order valence-corrected chi connectivity index (χ2v) is 6.26. The summed E-state index contributed by atoms with van der Waals surface area (Å²) in [7, 11) is 0. The third kappa shape index (κ3) is 2.95. The largest absolute Gasteiger partial charge is 0.353 e. The lowest BCUT2D eigenvalue weighted by atomic mass is 9.98. The van der Waals surface area contributed by atoms with Crippen LogP contribution in [0.5, 0.6) is 0 Å². The smallest absolute Gasteiger partial charge is 0.229 e. The summed E-state index contributed by atoms with van der Waals surface area (Å²) in [6.07, 6.45) is 3.98. The zero-order valence-corrected chi connectivity index (χ0v) is 13.0. The van der Waals surface area contributed by atoms with Crippen molar-refractivity contribution in [3.63, 3.8) is 0 Å². The van der Waals surface area contributed by atoms with Crippen molar-refractivity contribution in [1.82, 2.24) is 5.32 Å². The first kappa shape index (κ1) is 15.3. The Morgan fingerprint density at radius 1 is 1.36 bits per heavy atom. The fourth-order valence-corrected chi connectivity index (χ4v) is 3.50. The molecule has 4 nitrogen and oxygen atoms in total. The molecular formula is C16H18ClFN2O2. The van der Waals surface area contributed by atoms with Crippen molar-refractivity contribution in [2.24, 2.45) is 0 Å². The van der Waals surface area contributed by atoms with E-state index in [1.54, 1.807) is 11.0 Å². The molecule has 118 valence electrons. The molecule has 3 rings (SSSR count). The van der Waals surface area contributed by atoms with Gasteiger partial charge in [-0.05, 0) is 37.3 Å². The van der Waals surface area contributed by atoms with Crippen molar-refractivity contribution < 1.29 is 14.0 Å². The van der Waals surface area contributed by atoms with E-state index in [1.165, 1.54) is 6.07 Å². The molecule has 0 bridgehead atoms. The zero-order chi connectivity index (χ0) is 15.7. The number of benzene rings is 1. The lowest BCUT2D eigenvalue weighted by Gasteiger charge is -2.32. The lowest BCUT2D eigenvalue weighted by molar-refractivity contribution is -0.124. The summed E-state index contributed by atoms with van der Waals surface area (Å²) in [5.41, 5.74) is 1.40. The van der Waals surface area contributed by atoms with E-state index in [0.717, 1.165) is 31.2 Å². The van der Waals surface area contributed by atoms with Gasteiger partial charge in [0.1, 0.15) is 10.8 Å². The van der Waals surface area contributed by atoms with Crippen molar-refractivity contribution in [3.05, 3.63) is 28.5 Å². The number of nitrogens with one attached hydrogen (secondary N) is 1. The minimum Gasteiger partial charge on any atom is -0.353 e. The van der Waals surface area contributed by atoms with Crippen LogP contribution in [0.2, 0.25) is 5.02 Å². The first-order valence-corrected chi connectivity index (χ1v) is 8.00. The third-order valence-corrected chi connectivity index (χ3v) is 4.65. The van der Waals surface area contributed by atoms with Gasteiger partial charge >= 0.3 is 0 Å². The van der Waals surface area contributed by atoms with Gasteiger partial charge in [0.05, 0.1) is 5.69 Å². The highest BCUT2D eigenvalue weighted by Gasteiger charge is 2.29. The Labute approximate surface area is 133 Å². The van der Waals surface area contributed by atoms with E-state index in [4.69, 9.17) is 11.6 Å². The average molecular weight is 325 g/mol. The molecule has 2 aliphatic rings. The molecule has 0 spiro atoms. The molecule has 2 aliphatic heterocycles. The maximum atomic E-state index is 13.7. The van der Waals surface area contributed by atoms with E-state index < -0.39 is 5.82 Å². The minimum atomic E-state index is -0.508. The summed E-state index contributed by atoms with van der Waals surface area (Å²) >= 11 is 6.08. The van der Waals surface area contributed by atoms with Crippen LogP contribution in [0.3, 0.4) is 0 Å². The van der Waals surface area contributed by atoms with E-state index in [-0.39, 0.29) is 29.3 Å². The lowest BCUT2D eigenvalue weighted by Crippen LogP contribution is -2.44. The molecule has 22 heavy (non-hydrogen) atoms.